The first-order valence-corrected chi connectivity index (χ1v) is 8.26. The number of hydrogen-bond donors (Lipinski definition) is 0. The maximum atomic E-state index is 12.6. The first-order valence-electron chi connectivity index (χ1n) is 8.26. The van der Waals surface area contributed by atoms with Gasteiger partial charge in [0.2, 0.25) is 5.91 Å². The van der Waals surface area contributed by atoms with E-state index in [4.69, 9.17) is 4.74 Å². The van der Waals surface area contributed by atoms with E-state index < -0.39 is 0 Å². The van der Waals surface area contributed by atoms with Gasteiger partial charge in [-0.25, -0.2) is 0 Å². The standard InChI is InChI=1S/C16H26N4O2/c1-13-9-19(10-14(2)22-13)16(21)12-18-7-3-5-15(18)11-20-8-4-6-17-20/h4,6,8,13-15H,3,5,7,9-12H2,1-2H3. The summed E-state index contributed by atoms with van der Waals surface area (Å²) in [6.07, 6.45) is 6.36. The second kappa shape index (κ2) is 6.79. The summed E-state index contributed by atoms with van der Waals surface area (Å²) in [7, 11) is 0. The minimum absolute atomic E-state index is 0.131. The molecule has 1 amide bonds. The van der Waals surface area contributed by atoms with Crippen molar-refractivity contribution in [2.24, 2.45) is 0 Å². The molecule has 6 nitrogen and oxygen atoms in total. The van der Waals surface area contributed by atoms with Crippen LogP contribution in [0.3, 0.4) is 0 Å². The maximum absolute atomic E-state index is 12.6. The summed E-state index contributed by atoms with van der Waals surface area (Å²) >= 11 is 0. The van der Waals surface area contributed by atoms with Gasteiger partial charge in [-0.05, 0) is 39.3 Å². The molecule has 0 aromatic carbocycles. The molecule has 2 saturated heterocycles. The van der Waals surface area contributed by atoms with Gasteiger partial charge in [0.25, 0.3) is 0 Å². The Kier molecular flexibility index (Phi) is 4.78. The van der Waals surface area contributed by atoms with Crippen molar-refractivity contribution in [1.29, 1.82) is 0 Å². The van der Waals surface area contributed by atoms with Gasteiger partial charge in [-0.2, -0.15) is 5.10 Å². The molecule has 0 bridgehead atoms. The van der Waals surface area contributed by atoms with Crippen LogP contribution in [-0.4, -0.2) is 69.9 Å². The van der Waals surface area contributed by atoms with Crippen molar-refractivity contribution in [3.63, 3.8) is 0 Å². The smallest absolute Gasteiger partial charge is 0.236 e. The van der Waals surface area contributed by atoms with Crippen LogP contribution in [0.1, 0.15) is 26.7 Å². The molecule has 22 heavy (non-hydrogen) atoms. The Morgan fingerprint density at radius 1 is 1.32 bits per heavy atom. The number of carbonyl (C=O) groups excluding carboxylic acids is 1. The van der Waals surface area contributed by atoms with E-state index in [2.05, 4.69) is 10.00 Å². The number of likely N-dealkylation sites (tertiary alicyclic amines) is 1. The molecular weight excluding hydrogens is 280 g/mol. The lowest BCUT2D eigenvalue weighted by atomic mass is 10.2. The van der Waals surface area contributed by atoms with Crippen LogP contribution >= 0.6 is 0 Å². The first kappa shape index (κ1) is 15.5. The van der Waals surface area contributed by atoms with Crippen LogP contribution in [0, 0.1) is 0 Å². The zero-order valence-corrected chi connectivity index (χ0v) is 13.5. The van der Waals surface area contributed by atoms with Crippen LogP contribution in [0.25, 0.3) is 0 Å². The molecule has 3 rings (SSSR count). The summed E-state index contributed by atoms with van der Waals surface area (Å²) in [6, 6.07) is 2.36. The van der Waals surface area contributed by atoms with Gasteiger partial charge < -0.3 is 9.64 Å². The minimum atomic E-state index is 0.131. The highest BCUT2D eigenvalue weighted by Gasteiger charge is 2.31. The Labute approximate surface area is 132 Å². The molecule has 2 fully saturated rings. The fourth-order valence-corrected chi connectivity index (χ4v) is 3.59. The SMILES string of the molecule is CC1CN(C(=O)CN2CCCC2Cn2cccn2)CC(C)O1. The van der Waals surface area contributed by atoms with Crippen LogP contribution < -0.4 is 0 Å². The lowest BCUT2D eigenvalue weighted by molar-refractivity contribution is -0.144. The molecule has 1 aromatic heterocycles. The van der Waals surface area contributed by atoms with Crippen molar-refractivity contribution in [3.05, 3.63) is 18.5 Å². The topological polar surface area (TPSA) is 50.6 Å². The second-order valence-corrected chi connectivity index (χ2v) is 6.55. The molecule has 0 spiro atoms. The average molecular weight is 306 g/mol. The molecule has 3 heterocycles. The van der Waals surface area contributed by atoms with Crippen molar-refractivity contribution in [2.75, 3.05) is 26.2 Å². The van der Waals surface area contributed by atoms with Gasteiger partial charge in [0, 0.05) is 31.5 Å². The lowest BCUT2D eigenvalue weighted by Crippen LogP contribution is -2.51. The summed E-state index contributed by atoms with van der Waals surface area (Å²) in [5.41, 5.74) is 0. The number of carbonyl (C=O) groups is 1. The van der Waals surface area contributed by atoms with E-state index in [-0.39, 0.29) is 18.1 Å². The van der Waals surface area contributed by atoms with Crippen molar-refractivity contribution < 1.29 is 9.53 Å². The van der Waals surface area contributed by atoms with Crippen LogP contribution in [0.2, 0.25) is 0 Å². The van der Waals surface area contributed by atoms with E-state index in [1.54, 1.807) is 6.20 Å². The van der Waals surface area contributed by atoms with Gasteiger partial charge in [0.1, 0.15) is 0 Å². The Balaban J connectivity index is 1.55. The molecule has 122 valence electrons. The first-order chi connectivity index (χ1) is 10.6. The summed E-state index contributed by atoms with van der Waals surface area (Å²) in [4.78, 5) is 16.9. The molecule has 3 atom stereocenters. The number of hydrogen-bond acceptors (Lipinski definition) is 4. The number of ether oxygens (including phenoxy) is 1. The zero-order valence-electron chi connectivity index (χ0n) is 13.5. The summed E-state index contributed by atoms with van der Waals surface area (Å²) in [5.74, 6) is 0.231. The average Bonchev–Trinajstić information content (AvgIpc) is 3.11. The summed E-state index contributed by atoms with van der Waals surface area (Å²) < 4.78 is 7.67. The summed E-state index contributed by atoms with van der Waals surface area (Å²) in [6.45, 7) is 7.88. The Morgan fingerprint density at radius 2 is 2.09 bits per heavy atom. The van der Waals surface area contributed by atoms with Crippen molar-refractivity contribution in [1.82, 2.24) is 19.6 Å². The highest BCUT2D eigenvalue weighted by Crippen LogP contribution is 2.19. The molecule has 0 saturated carbocycles. The van der Waals surface area contributed by atoms with E-state index in [1.165, 1.54) is 0 Å². The van der Waals surface area contributed by atoms with Gasteiger partial charge in [0.15, 0.2) is 0 Å². The minimum Gasteiger partial charge on any atom is -0.372 e. The van der Waals surface area contributed by atoms with E-state index in [0.29, 0.717) is 25.7 Å². The molecule has 6 heteroatoms. The summed E-state index contributed by atoms with van der Waals surface area (Å²) in [5, 5.41) is 4.28. The van der Waals surface area contributed by atoms with Crippen LogP contribution in [0.5, 0.6) is 0 Å². The Bertz CT molecular complexity index is 480. The number of rotatable bonds is 4. The third kappa shape index (κ3) is 3.67. The highest BCUT2D eigenvalue weighted by molar-refractivity contribution is 5.78. The van der Waals surface area contributed by atoms with Gasteiger partial charge >= 0.3 is 0 Å². The molecule has 3 unspecified atom stereocenters. The molecule has 2 aliphatic rings. The predicted molar refractivity (Wildman–Crippen MR) is 83.4 cm³/mol. The van der Waals surface area contributed by atoms with Crippen molar-refractivity contribution in [3.8, 4) is 0 Å². The molecule has 0 radical (unpaired) electrons. The predicted octanol–water partition coefficient (Wildman–Crippen LogP) is 0.983. The lowest BCUT2D eigenvalue weighted by Gasteiger charge is -2.36. The quantitative estimate of drug-likeness (QED) is 0.832. The third-order valence-electron chi connectivity index (χ3n) is 4.57. The molecular formula is C16H26N4O2. The van der Waals surface area contributed by atoms with E-state index in [9.17, 15) is 4.79 Å². The molecule has 2 aliphatic heterocycles. The van der Waals surface area contributed by atoms with Crippen LogP contribution in [0.4, 0.5) is 0 Å². The van der Waals surface area contributed by atoms with Gasteiger partial charge in [0.05, 0.1) is 25.3 Å². The second-order valence-electron chi connectivity index (χ2n) is 6.55. The Hall–Kier alpha value is -1.40. The third-order valence-corrected chi connectivity index (χ3v) is 4.57. The number of nitrogens with zero attached hydrogens (tertiary/aromatic N) is 4. The van der Waals surface area contributed by atoms with E-state index in [0.717, 1.165) is 25.9 Å². The molecule has 0 N–H and O–H groups in total. The van der Waals surface area contributed by atoms with Crippen LogP contribution in [0.15, 0.2) is 18.5 Å². The van der Waals surface area contributed by atoms with Gasteiger partial charge in [-0.3, -0.25) is 14.4 Å². The fraction of sp³-hybridized carbons (Fsp3) is 0.750. The molecule has 0 aliphatic carbocycles. The zero-order chi connectivity index (χ0) is 15.5. The van der Waals surface area contributed by atoms with E-state index in [1.807, 2.05) is 35.7 Å². The number of aromatic nitrogens is 2. The maximum Gasteiger partial charge on any atom is 0.236 e. The van der Waals surface area contributed by atoms with E-state index >= 15 is 0 Å². The van der Waals surface area contributed by atoms with Crippen molar-refractivity contribution >= 4 is 5.91 Å². The van der Waals surface area contributed by atoms with Gasteiger partial charge in [-0.15, -0.1) is 0 Å². The normalized spacial score (nSPS) is 29.9. The number of amides is 1. The Morgan fingerprint density at radius 3 is 2.77 bits per heavy atom. The van der Waals surface area contributed by atoms with Gasteiger partial charge in [-0.1, -0.05) is 0 Å². The van der Waals surface area contributed by atoms with Crippen molar-refractivity contribution in [2.45, 2.75) is 51.5 Å². The monoisotopic (exact) mass is 306 g/mol. The molecule has 1 aromatic rings. The number of morpholine rings is 1. The largest absolute Gasteiger partial charge is 0.372 e. The fourth-order valence-electron chi connectivity index (χ4n) is 3.59. The van der Waals surface area contributed by atoms with Crippen LogP contribution in [-0.2, 0) is 16.1 Å². The highest BCUT2D eigenvalue weighted by atomic mass is 16.5.